The van der Waals surface area contributed by atoms with Crippen LogP contribution < -0.4 is 0 Å². The van der Waals surface area contributed by atoms with Gasteiger partial charge in [-0.15, -0.1) is 0 Å². The molecule has 1 atom stereocenters. The van der Waals surface area contributed by atoms with Crippen molar-refractivity contribution in [3.05, 3.63) is 41.1 Å². The zero-order valence-electron chi connectivity index (χ0n) is 12.5. The number of aromatic nitrogens is 1. The van der Waals surface area contributed by atoms with Crippen molar-refractivity contribution in [2.75, 3.05) is 19.7 Å². The molecule has 1 aliphatic heterocycles. The van der Waals surface area contributed by atoms with Crippen molar-refractivity contribution in [1.82, 2.24) is 9.88 Å². The molecule has 4 heteroatoms. The van der Waals surface area contributed by atoms with Crippen LogP contribution >= 0.6 is 0 Å². The van der Waals surface area contributed by atoms with E-state index in [0.29, 0.717) is 12.1 Å². The standard InChI is InChI=1S/C17H20N2O2/c1-11-3-4-16-14(7-11)8-15(12(2)18-16)17(21)19-6-5-13(9-19)10-20/h3-4,7-8,13,20H,5-6,9-10H2,1-2H3. The van der Waals surface area contributed by atoms with Crippen LogP contribution in [0.15, 0.2) is 24.3 Å². The largest absolute Gasteiger partial charge is 0.396 e. The van der Waals surface area contributed by atoms with Gasteiger partial charge in [-0.3, -0.25) is 9.78 Å². The van der Waals surface area contributed by atoms with Gasteiger partial charge in [0.05, 0.1) is 16.8 Å². The molecule has 1 aliphatic rings. The van der Waals surface area contributed by atoms with Crippen LogP contribution in [-0.4, -0.2) is 40.6 Å². The third-order valence-corrected chi connectivity index (χ3v) is 4.22. The van der Waals surface area contributed by atoms with E-state index in [9.17, 15) is 9.90 Å². The summed E-state index contributed by atoms with van der Waals surface area (Å²) < 4.78 is 0. The van der Waals surface area contributed by atoms with Gasteiger partial charge in [0.15, 0.2) is 0 Å². The molecule has 4 nitrogen and oxygen atoms in total. The summed E-state index contributed by atoms with van der Waals surface area (Å²) in [6, 6.07) is 8.02. The SMILES string of the molecule is Cc1ccc2nc(C)c(C(=O)N3CCC(CO)C3)cc2c1. The molecular formula is C17H20N2O2. The van der Waals surface area contributed by atoms with Gasteiger partial charge in [0, 0.05) is 31.0 Å². The number of likely N-dealkylation sites (tertiary alicyclic amines) is 1. The zero-order valence-corrected chi connectivity index (χ0v) is 12.5. The maximum absolute atomic E-state index is 12.7. The summed E-state index contributed by atoms with van der Waals surface area (Å²) in [6.07, 6.45) is 0.876. The summed E-state index contributed by atoms with van der Waals surface area (Å²) in [5.41, 5.74) is 3.52. The minimum absolute atomic E-state index is 0.0272. The summed E-state index contributed by atoms with van der Waals surface area (Å²) in [7, 11) is 0. The lowest BCUT2D eigenvalue weighted by molar-refractivity contribution is 0.0781. The minimum atomic E-state index is 0.0272. The number of hydrogen-bond acceptors (Lipinski definition) is 3. The predicted molar refractivity (Wildman–Crippen MR) is 82.3 cm³/mol. The molecule has 1 amide bonds. The topological polar surface area (TPSA) is 53.4 Å². The van der Waals surface area contributed by atoms with Crippen LogP contribution in [-0.2, 0) is 0 Å². The fourth-order valence-corrected chi connectivity index (χ4v) is 2.95. The van der Waals surface area contributed by atoms with E-state index >= 15 is 0 Å². The van der Waals surface area contributed by atoms with E-state index in [4.69, 9.17) is 0 Å². The van der Waals surface area contributed by atoms with Gasteiger partial charge in [0.1, 0.15) is 0 Å². The van der Waals surface area contributed by atoms with E-state index in [1.54, 1.807) is 0 Å². The first-order valence-corrected chi connectivity index (χ1v) is 7.36. The van der Waals surface area contributed by atoms with Crippen molar-refractivity contribution < 1.29 is 9.90 Å². The minimum Gasteiger partial charge on any atom is -0.396 e. The second-order valence-corrected chi connectivity index (χ2v) is 5.91. The first-order chi connectivity index (χ1) is 10.1. The molecule has 1 saturated heterocycles. The number of fused-ring (bicyclic) bond motifs is 1. The maximum Gasteiger partial charge on any atom is 0.255 e. The molecule has 110 valence electrons. The number of rotatable bonds is 2. The normalized spacial score (nSPS) is 18.4. The van der Waals surface area contributed by atoms with Gasteiger partial charge in [-0.1, -0.05) is 11.6 Å². The second kappa shape index (κ2) is 5.45. The number of carbonyl (C=O) groups excluding carboxylic acids is 1. The van der Waals surface area contributed by atoms with Gasteiger partial charge in [-0.2, -0.15) is 0 Å². The van der Waals surface area contributed by atoms with Crippen LogP contribution in [0.25, 0.3) is 10.9 Å². The predicted octanol–water partition coefficient (Wildman–Crippen LogP) is 2.31. The summed E-state index contributed by atoms with van der Waals surface area (Å²) in [5, 5.41) is 10.2. The van der Waals surface area contributed by atoms with Gasteiger partial charge in [0.25, 0.3) is 5.91 Å². The Balaban J connectivity index is 1.96. The number of hydrogen-bond donors (Lipinski definition) is 1. The highest BCUT2D eigenvalue weighted by Gasteiger charge is 2.27. The summed E-state index contributed by atoms with van der Waals surface area (Å²) in [6.45, 7) is 5.42. The van der Waals surface area contributed by atoms with Gasteiger partial charge in [-0.05, 0) is 38.5 Å². The zero-order chi connectivity index (χ0) is 15.0. The molecule has 0 aliphatic carbocycles. The molecule has 0 bridgehead atoms. The highest BCUT2D eigenvalue weighted by molar-refractivity contribution is 5.98. The molecule has 1 aromatic carbocycles. The van der Waals surface area contributed by atoms with Crippen molar-refractivity contribution in [2.24, 2.45) is 5.92 Å². The first-order valence-electron chi connectivity index (χ1n) is 7.36. The number of aliphatic hydroxyl groups is 1. The number of benzene rings is 1. The lowest BCUT2D eigenvalue weighted by Gasteiger charge is -2.17. The van der Waals surface area contributed by atoms with Crippen LogP contribution in [0.5, 0.6) is 0 Å². The van der Waals surface area contributed by atoms with Crippen molar-refractivity contribution in [3.63, 3.8) is 0 Å². The van der Waals surface area contributed by atoms with E-state index in [2.05, 4.69) is 11.1 Å². The Morgan fingerprint density at radius 3 is 2.90 bits per heavy atom. The van der Waals surface area contributed by atoms with Gasteiger partial charge in [-0.25, -0.2) is 0 Å². The molecule has 0 spiro atoms. The van der Waals surface area contributed by atoms with Crippen LogP contribution in [0.1, 0.15) is 28.0 Å². The van der Waals surface area contributed by atoms with Crippen molar-refractivity contribution in [2.45, 2.75) is 20.3 Å². The third kappa shape index (κ3) is 2.63. The lowest BCUT2D eigenvalue weighted by atomic mass is 10.1. The summed E-state index contributed by atoms with van der Waals surface area (Å²) >= 11 is 0. The van der Waals surface area contributed by atoms with E-state index in [0.717, 1.165) is 35.1 Å². The highest BCUT2D eigenvalue weighted by atomic mass is 16.3. The van der Waals surface area contributed by atoms with E-state index in [1.165, 1.54) is 0 Å². The molecule has 1 fully saturated rings. The van der Waals surface area contributed by atoms with E-state index < -0.39 is 0 Å². The molecule has 3 rings (SSSR count). The van der Waals surface area contributed by atoms with Crippen LogP contribution in [0.3, 0.4) is 0 Å². The van der Waals surface area contributed by atoms with Gasteiger partial charge < -0.3 is 10.0 Å². The van der Waals surface area contributed by atoms with Crippen molar-refractivity contribution in [3.8, 4) is 0 Å². The molecule has 1 N–H and O–H groups in total. The Morgan fingerprint density at radius 1 is 1.38 bits per heavy atom. The average molecular weight is 284 g/mol. The highest BCUT2D eigenvalue weighted by Crippen LogP contribution is 2.22. The van der Waals surface area contributed by atoms with E-state index in [-0.39, 0.29) is 18.4 Å². The van der Waals surface area contributed by atoms with E-state index in [1.807, 2.05) is 36.9 Å². The van der Waals surface area contributed by atoms with Crippen LogP contribution in [0.2, 0.25) is 0 Å². The Labute approximate surface area is 124 Å². The number of nitrogens with zero attached hydrogens (tertiary/aromatic N) is 2. The monoisotopic (exact) mass is 284 g/mol. The lowest BCUT2D eigenvalue weighted by Crippen LogP contribution is -2.29. The van der Waals surface area contributed by atoms with Crippen LogP contribution in [0.4, 0.5) is 0 Å². The fourth-order valence-electron chi connectivity index (χ4n) is 2.95. The number of pyridine rings is 1. The Kier molecular flexibility index (Phi) is 3.64. The number of aryl methyl sites for hydroxylation is 2. The molecular weight excluding hydrogens is 264 g/mol. The number of carbonyl (C=O) groups is 1. The molecule has 21 heavy (non-hydrogen) atoms. The van der Waals surface area contributed by atoms with Crippen molar-refractivity contribution in [1.29, 1.82) is 0 Å². The molecule has 2 heterocycles. The maximum atomic E-state index is 12.7. The fraction of sp³-hybridized carbons (Fsp3) is 0.412. The molecule has 0 radical (unpaired) electrons. The van der Waals surface area contributed by atoms with Gasteiger partial charge in [0.2, 0.25) is 0 Å². The first kappa shape index (κ1) is 14.0. The molecule has 2 aromatic rings. The number of aliphatic hydroxyl groups excluding tert-OH is 1. The van der Waals surface area contributed by atoms with Gasteiger partial charge >= 0.3 is 0 Å². The Hall–Kier alpha value is -1.94. The average Bonchev–Trinajstić information content (AvgIpc) is 2.95. The van der Waals surface area contributed by atoms with Crippen molar-refractivity contribution >= 4 is 16.8 Å². The van der Waals surface area contributed by atoms with Crippen LogP contribution in [0, 0.1) is 19.8 Å². The Bertz CT molecular complexity index is 696. The third-order valence-electron chi connectivity index (χ3n) is 4.22. The smallest absolute Gasteiger partial charge is 0.255 e. The molecule has 1 unspecified atom stereocenters. The summed E-state index contributed by atoms with van der Waals surface area (Å²) in [4.78, 5) is 19.0. The molecule has 0 saturated carbocycles. The summed E-state index contributed by atoms with van der Waals surface area (Å²) in [5.74, 6) is 0.240. The quantitative estimate of drug-likeness (QED) is 0.920. The Morgan fingerprint density at radius 2 is 2.19 bits per heavy atom. The second-order valence-electron chi connectivity index (χ2n) is 5.91. The molecule has 1 aromatic heterocycles. The number of amides is 1.